The minimum Gasteiger partial charge on any atom is -0.483 e. The Kier molecular flexibility index (Phi) is 3.95. The molecule has 1 heterocycles. The van der Waals surface area contributed by atoms with Gasteiger partial charge in [0.15, 0.2) is 6.10 Å². The van der Waals surface area contributed by atoms with E-state index >= 15 is 0 Å². The van der Waals surface area contributed by atoms with E-state index in [0.29, 0.717) is 6.42 Å². The first kappa shape index (κ1) is 13.0. The number of carbonyl (C=O) groups excluding carboxylic acids is 1. The average Bonchev–Trinajstić information content (AvgIpc) is 2.27. The molecule has 0 unspecified atom stereocenters. The Bertz CT molecular complexity index is 324. The van der Waals surface area contributed by atoms with E-state index in [1.807, 2.05) is 13.0 Å². The fourth-order valence-corrected chi connectivity index (χ4v) is 1.69. The predicted octanol–water partition coefficient (Wildman–Crippen LogP) is 3.79. The van der Waals surface area contributed by atoms with Crippen molar-refractivity contribution in [3.8, 4) is 0 Å². The largest absolute Gasteiger partial charge is 0.483 e. The number of hydrogen-bond donors (Lipinski definition) is 0. The minimum absolute atomic E-state index is 0.0177. The van der Waals surface area contributed by atoms with Crippen LogP contribution in [0, 0.1) is 11.5 Å². The summed E-state index contributed by atoms with van der Waals surface area (Å²) in [5.74, 6) is 1.06. The second kappa shape index (κ2) is 4.86. The molecule has 0 aliphatic carbocycles. The van der Waals surface area contributed by atoms with Gasteiger partial charge in [0, 0.05) is 11.8 Å². The summed E-state index contributed by atoms with van der Waals surface area (Å²) < 4.78 is 5.82. The molecule has 1 fully saturated rings. The van der Waals surface area contributed by atoms with Gasteiger partial charge in [0.05, 0.1) is 5.76 Å². The van der Waals surface area contributed by atoms with Crippen LogP contribution in [0.3, 0.4) is 0 Å². The molecule has 1 saturated heterocycles. The van der Waals surface area contributed by atoms with Gasteiger partial charge in [0.1, 0.15) is 5.78 Å². The van der Waals surface area contributed by atoms with Crippen LogP contribution < -0.4 is 0 Å². The molecule has 1 rings (SSSR count). The maximum Gasteiger partial charge on any atom is 0.169 e. The molecule has 0 bridgehead atoms. The Morgan fingerprint density at radius 1 is 1.56 bits per heavy atom. The Labute approximate surface area is 98.4 Å². The number of hydrogen-bond acceptors (Lipinski definition) is 2. The zero-order valence-electron chi connectivity index (χ0n) is 10.7. The van der Waals surface area contributed by atoms with Crippen LogP contribution in [0.25, 0.3) is 0 Å². The average molecular weight is 221 g/mol. The Morgan fingerprint density at radius 2 is 2.19 bits per heavy atom. The summed E-state index contributed by atoms with van der Waals surface area (Å²) in [7, 11) is 0. The molecule has 0 saturated carbocycles. The normalized spacial score (nSPS) is 24.0. The highest BCUT2D eigenvalue weighted by Gasteiger charge is 2.31. The lowest BCUT2D eigenvalue weighted by Crippen LogP contribution is -2.15. The highest BCUT2D eigenvalue weighted by Crippen LogP contribution is 2.41. The van der Waals surface area contributed by atoms with E-state index in [9.17, 15) is 4.79 Å². The third-order valence-corrected chi connectivity index (χ3v) is 3.05. The summed E-state index contributed by atoms with van der Waals surface area (Å²) in [6.07, 6.45) is 5.19. The van der Waals surface area contributed by atoms with E-state index in [2.05, 4.69) is 20.4 Å². The van der Waals surface area contributed by atoms with Crippen LogP contribution in [-0.2, 0) is 9.53 Å². The monoisotopic (exact) mass is 221 g/mol. The lowest BCUT2D eigenvalue weighted by molar-refractivity contribution is -0.116. The van der Waals surface area contributed by atoms with Gasteiger partial charge in [-0.1, -0.05) is 20.4 Å². The summed E-state index contributed by atoms with van der Waals surface area (Å²) in [6.45, 7) is 11.8. The van der Waals surface area contributed by atoms with Crippen LogP contribution in [0.4, 0.5) is 0 Å². The van der Waals surface area contributed by atoms with Gasteiger partial charge in [0.2, 0.25) is 0 Å². The first-order valence-electron chi connectivity index (χ1n) is 5.72. The molecule has 1 radical (unpaired) electrons. The summed E-state index contributed by atoms with van der Waals surface area (Å²) >= 11 is 0. The summed E-state index contributed by atoms with van der Waals surface area (Å²) in [5.41, 5.74) is 1.04. The van der Waals surface area contributed by atoms with Gasteiger partial charge in [-0.2, -0.15) is 0 Å². The van der Waals surface area contributed by atoms with Gasteiger partial charge in [-0.15, -0.1) is 0 Å². The Balaban J connectivity index is 2.89. The van der Waals surface area contributed by atoms with Crippen LogP contribution in [0.5, 0.6) is 0 Å². The van der Waals surface area contributed by atoms with Crippen LogP contribution in [0.2, 0.25) is 0 Å². The van der Waals surface area contributed by atoms with E-state index in [4.69, 9.17) is 4.74 Å². The predicted molar refractivity (Wildman–Crippen MR) is 65.5 cm³/mol. The van der Waals surface area contributed by atoms with E-state index in [0.717, 1.165) is 30.3 Å². The molecule has 0 aromatic rings. The fourth-order valence-electron chi connectivity index (χ4n) is 1.69. The van der Waals surface area contributed by atoms with Crippen molar-refractivity contribution in [1.82, 2.24) is 0 Å². The standard InChI is InChI=1S/C14H21O2/c1-10-8-9-14(4,5)13(16-12(10)3)7-6-11(2)15/h7H,1,6,8-9H2,2-5H3. The summed E-state index contributed by atoms with van der Waals surface area (Å²) in [6, 6.07) is 0. The SMILES string of the molecule is C=C1CCC(C)(C)C(=CCC(C)=O)O[C]1C. The molecule has 0 amide bonds. The first-order chi connectivity index (χ1) is 7.33. The van der Waals surface area contributed by atoms with Crippen molar-refractivity contribution in [3.05, 3.63) is 30.1 Å². The highest BCUT2D eigenvalue weighted by atomic mass is 16.5. The second-order valence-corrected chi connectivity index (χ2v) is 5.12. The molecule has 2 nitrogen and oxygen atoms in total. The first-order valence-corrected chi connectivity index (χ1v) is 5.72. The van der Waals surface area contributed by atoms with Gasteiger partial charge >= 0.3 is 0 Å². The van der Waals surface area contributed by atoms with Gasteiger partial charge in [-0.05, 0) is 38.3 Å². The van der Waals surface area contributed by atoms with Gasteiger partial charge in [-0.3, -0.25) is 4.79 Å². The molecule has 16 heavy (non-hydrogen) atoms. The molecule has 1 aliphatic heterocycles. The molecule has 2 heteroatoms. The number of ether oxygens (including phenoxy) is 1. The van der Waals surface area contributed by atoms with E-state index in [1.165, 1.54) is 0 Å². The van der Waals surface area contributed by atoms with E-state index in [1.54, 1.807) is 6.92 Å². The zero-order chi connectivity index (χ0) is 12.3. The van der Waals surface area contributed by atoms with Crippen molar-refractivity contribution in [2.45, 2.75) is 47.0 Å². The topological polar surface area (TPSA) is 26.3 Å². The molecule has 0 spiro atoms. The third kappa shape index (κ3) is 3.22. The molecular weight excluding hydrogens is 200 g/mol. The van der Waals surface area contributed by atoms with Gasteiger partial charge in [0.25, 0.3) is 0 Å². The summed E-state index contributed by atoms with van der Waals surface area (Å²) in [5, 5.41) is 0. The van der Waals surface area contributed by atoms with Crippen molar-refractivity contribution >= 4 is 5.78 Å². The molecule has 0 aromatic carbocycles. The third-order valence-electron chi connectivity index (χ3n) is 3.05. The summed E-state index contributed by atoms with van der Waals surface area (Å²) in [4.78, 5) is 11.0. The van der Waals surface area contributed by atoms with Crippen molar-refractivity contribution in [2.24, 2.45) is 5.41 Å². The molecule has 0 N–H and O–H groups in total. The van der Waals surface area contributed by atoms with E-state index in [-0.39, 0.29) is 11.2 Å². The van der Waals surface area contributed by atoms with Crippen LogP contribution in [-0.4, -0.2) is 5.78 Å². The fraction of sp³-hybridized carbons (Fsp3) is 0.571. The van der Waals surface area contributed by atoms with Crippen LogP contribution in [0.15, 0.2) is 24.0 Å². The molecule has 1 aliphatic rings. The minimum atomic E-state index is -0.0177. The van der Waals surface area contributed by atoms with Gasteiger partial charge < -0.3 is 4.74 Å². The van der Waals surface area contributed by atoms with Crippen molar-refractivity contribution < 1.29 is 9.53 Å². The maximum atomic E-state index is 11.0. The molecule has 0 aromatic heterocycles. The number of carbonyl (C=O) groups is 1. The van der Waals surface area contributed by atoms with Crippen molar-refractivity contribution in [2.75, 3.05) is 0 Å². The van der Waals surface area contributed by atoms with Gasteiger partial charge in [-0.25, -0.2) is 0 Å². The van der Waals surface area contributed by atoms with Crippen LogP contribution in [0.1, 0.15) is 47.0 Å². The molecule has 0 atom stereocenters. The lowest BCUT2D eigenvalue weighted by atomic mass is 9.84. The number of ketones is 1. The number of allylic oxidation sites excluding steroid dienone is 2. The number of Topliss-reactive ketones (excluding diaryl/α,β-unsaturated/α-hetero) is 1. The smallest absolute Gasteiger partial charge is 0.169 e. The maximum absolute atomic E-state index is 11.0. The van der Waals surface area contributed by atoms with Crippen molar-refractivity contribution in [1.29, 1.82) is 0 Å². The highest BCUT2D eigenvalue weighted by molar-refractivity contribution is 5.77. The zero-order valence-corrected chi connectivity index (χ0v) is 10.7. The molecule has 89 valence electrons. The second-order valence-electron chi connectivity index (χ2n) is 5.12. The van der Waals surface area contributed by atoms with Crippen LogP contribution >= 0.6 is 0 Å². The molecular formula is C14H21O2. The Morgan fingerprint density at radius 3 is 2.75 bits per heavy atom. The lowest BCUT2D eigenvalue weighted by Gasteiger charge is -2.25. The van der Waals surface area contributed by atoms with E-state index < -0.39 is 0 Å². The number of rotatable bonds is 2. The Hall–Kier alpha value is -1.05. The van der Waals surface area contributed by atoms with Crippen molar-refractivity contribution in [3.63, 3.8) is 0 Å². The quantitative estimate of drug-likeness (QED) is 0.709.